The molecule has 1 amide bonds. The van der Waals surface area contributed by atoms with Crippen molar-refractivity contribution in [2.75, 3.05) is 36.9 Å². The molecule has 0 aromatic heterocycles. The molecular weight excluding hydrogens is 345 g/mol. The summed E-state index contributed by atoms with van der Waals surface area (Å²) in [4.78, 5) is 14.5. The Morgan fingerprint density at radius 2 is 1.93 bits per heavy atom. The minimum absolute atomic E-state index is 0.245. The normalized spacial score (nSPS) is 17.8. The van der Waals surface area contributed by atoms with Crippen LogP contribution in [0, 0.1) is 5.82 Å². The predicted octanol–water partition coefficient (Wildman–Crippen LogP) is 3.71. The molecule has 2 aromatic carbocycles. The molecule has 0 aliphatic carbocycles. The zero-order valence-electron chi connectivity index (χ0n) is 15.0. The van der Waals surface area contributed by atoms with Gasteiger partial charge in [0, 0.05) is 29.7 Å². The predicted molar refractivity (Wildman–Crippen MR) is 104 cm³/mol. The Morgan fingerprint density at radius 1 is 1.15 bits per heavy atom. The molecule has 27 heavy (non-hydrogen) atoms. The lowest BCUT2D eigenvalue weighted by atomic mass is 10.1. The molecular formula is C21H22FN3O2. The lowest BCUT2D eigenvalue weighted by Gasteiger charge is -2.15. The third-order valence-corrected chi connectivity index (χ3v) is 4.88. The van der Waals surface area contributed by atoms with Crippen LogP contribution in [0.3, 0.4) is 0 Å². The van der Waals surface area contributed by atoms with Crippen LogP contribution in [-0.2, 0) is 4.79 Å². The number of fused-ring (bicyclic) bond motifs is 1. The van der Waals surface area contributed by atoms with E-state index in [0.717, 1.165) is 18.0 Å². The maximum Gasteiger partial charge on any atom is 0.257 e. The molecule has 1 saturated heterocycles. The van der Waals surface area contributed by atoms with Crippen molar-refractivity contribution in [2.24, 2.45) is 0 Å². The number of carbonyl (C=O) groups excluding carboxylic acids is 1. The Hall–Kier alpha value is -2.86. The number of hydrogen-bond acceptors (Lipinski definition) is 4. The largest absolute Gasteiger partial charge is 0.492 e. The second-order valence-electron chi connectivity index (χ2n) is 6.77. The fourth-order valence-electron chi connectivity index (χ4n) is 3.41. The number of nitrogens with zero attached hydrogens (tertiary/aromatic N) is 1. The number of carbonyl (C=O) groups is 1. The van der Waals surface area contributed by atoms with E-state index in [1.165, 1.54) is 38.1 Å². The van der Waals surface area contributed by atoms with Crippen LogP contribution in [-0.4, -0.2) is 37.0 Å². The van der Waals surface area contributed by atoms with Gasteiger partial charge in [0.1, 0.15) is 18.2 Å². The smallest absolute Gasteiger partial charge is 0.257 e. The lowest BCUT2D eigenvalue weighted by molar-refractivity contribution is -0.110. The highest BCUT2D eigenvalue weighted by atomic mass is 19.1. The van der Waals surface area contributed by atoms with E-state index < -0.39 is 0 Å². The summed E-state index contributed by atoms with van der Waals surface area (Å²) in [5, 5.41) is 5.82. The molecule has 2 aliphatic rings. The van der Waals surface area contributed by atoms with Crippen molar-refractivity contribution < 1.29 is 13.9 Å². The van der Waals surface area contributed by atoms with E-state index in [1.54, 1.807) is 12.3 Å². The maximum absolute atomic E-state index is 13.5. The molecule has 2 N–H and O–H groups in total. The van der Waals surface area contributed by atoms with E-state index in [0.29, 0.717) is 23.4 Å². The molecule has 0 bridgehead atoms. The van der Waals surface area contributed by atoms with Gasteiger partial charge in [-0.25, -0.2) is 4.39 Å². The highest BCUT2D eigenvalue weighted by Gasteiger charge is 2.24. The van der Waals surface area contributed by atoms with Crippen LogP contribution < -0.4 is 15.4 Å². The molecule has 140 valence electrons. The Morgan fingerprint density at radius 3 is 2.70 bits per heavy atom. The molecule has 0 spiro atoms. The van der Waals surface area contributed by atoms with E-state index in [9.17, 15) is 9.18 Å². The first-order valence-electron chi connectivity index (χ1n) is 9.22. The maximum atomic E-state index is 13.5. The third kappa shape index (κ3) is 4.11. The average Bonchev–Trinajstić information content (AvgIpc) is 3.28. The summed E-state index contributed by atoms with van der Waals surface area (Å²) in [6.07, 6.45) is 4.17. The molecule has 0 radical (unpaired) electrons. The lowest BCUT2D eigenvalue weighted by Crippen LogP contribution is -2.25. The van der Waals surface area contributed by atoms with Gasteiger partial charge in [0.2, 0.25) is 0 Å². The molecule has 6 heteroatoms. The Labute approximate surface area is 157 Å². The van der Waals surface area contributed by atoms with Gasteiger partial charge in [-0.2, -0.15) is 0 Å². The summed E-state index contributed by atoms with van der Waals surface area (Å²) in [7, 11) is 0. The summed E-state index contributed by atoms with van der Waals surface area (Å²) in [6, 6.07) is 11.8. The van der Waals surface area contributed by atoms with Crippen molar-refractivity contribution in [3.63, 3.8) is 0 Å². The van der Waals surface area contributed by atoms with Gasteiger partial charge >= 0.3 is 0 Å². The van der Waals surface area contributed by atoms with Crippen molar-refractivity contribution in [3.8, 4) is 5.75 Å². The van der Waals surface area contributed by atoms with Crippen LogP contribution in [0.25, 0.3) is 5.57 Å². The van der Waals surface area contributed by atoms with E-state index in [-0.39, 0.29) is 11.7 Å². The van der Waals surface area contributed by atoms with Crippen molar-refractivity contribution >= 4 is 22.9 Å². The third-order valence-electron chi connectivity index (χ3n) is 4.88. The van der Waals surface area contributed by atoms with Gasteiger partial charge in [-0.05, 0) is 68.4 Å². The van der Waals surface area contributed by atoms with Crippen LogP contribution >= 0.6 is 0 Å². The highest BCUT2D eigenvalue weighted by Crippen LogP contribution is 2.32. The van der Waals surface area contributed by atoms with Crippen LogP contribution in [0.2, 0.25) is 0 Å². The van der Waals surface area contributed by atoms with Gasteiger partial charge in [0.05, 0.1) is 5.57 Å². The molecule has 0 unspecified atom stereocenters. The van der Waals surface area contributed by atoms with Crippen molar-refractivity contribution in [2.45, 2.75) is 12.8 Å². The standard InChI is InChI=1S/C21H22FN3O2/c22-15-3-8-20-18(13-15)19(21(26)24-20)14-23-16-4-6-17(7-5-16)27-12-11-25-9-1-2-10-25/h3-8,13-14,23H,1-2,9-12H2,(H,24,26)/b19-14+. The van der Waals surface area contributed by atoms with E-state index in [2.05, 4.69) is 15.5 Å². The van der Waals surface area contributed by atoms with Crippen molar-refractivity contribution in [3.05, 3.63) is 60.0 Å². The Balaban J connectivity index is 1.35. The summed E-state index contributed by atoms with van der Waals surface area (Å²) in [5.41, 5.74) is 2.42. The second-order valence-corrected chi connectivity index (χ2v) is 6.77. The molecule has 0 atom stereocenters. The number of halogens is 1. The number of nitrogens with one attached hydrogen (secondary N) is 2. The molecule has 2 heterocycles. The van der Waals surface area contributed by atoms with Crippen LogP contribution in [0.4, 0.5) is 15.8 Å². The molecule has 2 aliphatic heterocycles. The summed E-state index contributed by atoms with van der Waals surface area (Å²) in [5.74, 6) is 0.204. The number of benzene rings is 2. The summed E-state index contributed by atoms with van der Waals surface area (Å²) in [6.45, 7) is 3.97. The van der Waals surface area contributed by atoms with Crippen LogP contribution in [0.15, 0.2) is 48.7 Å². The summed E-state index contributed by atoms with van der Waals surface area (Å²) >= 11 is 0. The fourth-order valence-corrected chi connectivity index (χ4v) is 3.41. The highest BCUT2D eigenvalue weighted by molar-refractivity contribution is 6.31. The van der Waals surface area contributed by atoms with E-state index in [4.69, 9.17) is 4.74 Å². The Kier molecular flexibility index (Phi) is 5.07. The first kappa shape index (κ1) is 17.5. The minimum Gasteiger partial charge on any atom is -0.492 e. The van der Waals surface area contributed by atoms with Crippen molar-refractivity contribution in [1.82, 2.24) is 4.90 Å². The van der Waals surface area contributed by atoms with Gasteiger partial charge in [-0.15, -0.1) is 0 Å². The topological polar surface area (TPSA) is 53.6 Å². The van der Waals surface area contributed by atoms with Gasteiger partial charge in [0.15, 0.2) is 0 Å². The van der Waals surface area contributed by atoms with Gasteiger partial charge in [-0.3, -0.25) is 9.69 Å². The Bertz CT molecular complexity index is 858. The number of hydrogen-bond donors (Lipinski definition) is 2. The number of likely N-dealkylation sites (tertiary alicyclic amines) is 1. The minimum atomic E-state index is -0.369. The first-order valence-corrected chi connectivity index (χ1v) is 9.22. The average molecular weight is 367 g/mol. The molecule has 0 saturated carbocycles. The summed E-state index contributed by atoms with van der Waals surface area (Å²) < 4.78 is 19.3. The fraction of sp³-hybridized carbons (Fsp3) is 0.286. The number of ether oxygens (including phenoxy) is 1. The van der Waals surface area contributed by atoms with Crippen LogP contribution in [0.1, 0.15) is 18.4 Å². The van der Waals surface area contributed by atoms with Gasteiger partial charge < -0.3 is 15.4 Å². The SMILES string of the molecule is O=C1Nc2ccc(F)cc2/C1=C\Nc1ccc(OCCN2CCCC2)cc1. The van der Waals surface area contributed by atoms with Gasteiger partial charge in [-0.1, -0.05) is 0 Å². The second kappa shape index (κ2) is 7.80. The zero-order chi connectivity index (χ0) is 18.6. The van der Waals surface area contributed by atoms with E-state index in [1.807, 2.05) is 24.3 Å². The number of amides is 1. The number of anilines is 2. The van der Waals surface area contributed by atoms with Gasteiger partial charge in [0.25, 0.3) is 5.91 Å². The molecule has 2 aromatic rings. The first-order chi connectivity index (χ1) is 13.2. The quantitative estimate of drug-likeness (QED) is 0.765. The molecule has 4 rings (SSSR count). The number of rotatable bonds is 6. The van der Waals surface area contributed by atoms with Crippen molar-refractivity contribution in [1.29, 1.82) is 0 Å². The zero-order valence-corrected chi connectivity index (χ0v) is 15.0. The monoisotopic (exact) mass is 367 g/mol. The molecule has 1 fully saturated rings. The molecule has 5 nitrogen and oxygen atoms in total. The van der Waals surface area contributed by atoms with Crippen LogP contribution in [0.5, 0.6) is 5.75 Å². The van der Waals surface area contributed by atoms with E-state index >= 15 is 0 Å².